The molecule has 2 heterocycles. The summed E-state index contributed by atoms with van der Waals surface area (Å²) in [6.45, 7) is 10.1. The number of hydrogen-bond donors (Lipinski definition) is 1. The lowest BCUT2D eigenvalue weighted by molar-refractivity contribution is 0.786. The van der Waals surface area contributed by atoms with E-state index in [4.69, 9.17) is 0 Å². The van der Waals surface area contributed by atoms with Crippen molar-refractivity contribution in [3.8, 4) is 0 Å². The van der Waals surface area contributed by atoms with E-state index in [1.165, 1.54) is 0 Å². The van der Waals surface area contributed by atoms with Gasteiger partial charge in [0, 0.05) is 18.4 Å². The molecule has 1 atom stereocenters. The van der Waals surface area contributed by atoms with Gasteiger partial charge in [0.15, 0.2) is 5.82 Å². The molecule has 0 spiro atoms. The third-order valence-electron chi connectivity index (χ3n) is 2.72. The van der Waals surface area contributed by atoms with E-state index in [1.54, 1.807) is 6.20 Å². The van der Waals surface area contributed by atoms with Crippen LogP contribution in [0.1, 0.15) is 32.4 Å². The Morgan fingerprint density at radius 1 is 1.41 bits per heavy atom. The molecule has 2 aromatic rings. The maximum absolute atomic E-state index is 4.52. The van der Waals surface area contributed by atoms with Crippen molar-refractivity contribution in [3.05, 3.63) is 36.8 Å². The van der Waals surface area contributed by atoms with Gasteiger partial charge in [-0.3, -0.25) is 0 Å². The van der Waals surface area contributed by atoms with Gasteiger partial charge in [-0.1, -0.05) is 19.9 Å². The zero-order valence-corrected chi connectivity index (χ0v) is 10.5. The van der Waals surface area contributed by atoms with Gasteiger partial charge in [-0.15, -0.1) is 6.58 Å². The molecule has 0 aromatic carbocycles. The van der Waals surface area contributed by atoms with E-state index in [1.807, 2.05) is 23.7 Å². The number of nitrogens with one attached hydrogen (secondary N) is 1. The van der Waals surface area contributed by atoms with Crippen molar-refractivity contribution in [2.45, 2.75) is 32.7 Å². The Bertz CT molecular complexity index is 527. The number of fused-ring (bicyclic) bond motifs is 1. The van der Waals surface area contributed by atoms with E-state index in [0.717, 1.165) is 17.0 Å². The first-order valence-corrected chi connectivity index (χ1v) is 5.85. The molecule has 4 heteroatoms. The molecule has 0 aliphatic rings. The molecular weight excluding hydrogens is 212 g/mol. The fourth-order valence-corrected chi connectivity index (χ4v) is 1.61. The van der Waals surface area contributed by atoms with Crippen LogP contribution in [0.3, 0.4) is 0 Å². The largest absolute Gasteiger partial charge is 0.362 e. The highest BCUT2D eigenvalue weighted by molar-refractivity contribution is 5.68. The van der Waals surface area contributed by atoms with Crippen molar-refractivity contribution >= 4 is 11.3 Å². The Labute approximate surface area is 101 Å². The Hall–Kier alpha value is -1.84. The minimum atomic E-state index is 0.186. The van der Waals surface area contributed by atoms with Crippen molar-refractivity contribution in [2.75, 3.05) is 5.32 Å². The predicted molar refractivity (Wildman–Crippen MR) is 70.4 cm³/mol. The molecule has 0 aliphatic heterocycles. The zero-order valence-electron chi connectivity index (χ0n) is 10.5. The quantitative estimate of drug-likeness (QED) is 0.821. The summed E-state index contributed by atoms with van der Waals surface area (Å²) in [5, 5.41) is 7.81. The molecule has 2 aromatic heterocycles. The SMILES string of the molecule is C=CC(C)Nc1nccn2nc(C(C)C)cc12. The second-order valence-corrected chi connectivity index (χ2v) is 4.50. The van der Waals surface area contributed by atoms with E-state index < -0.39 is 0 Å². The Morgan fingerprint density at radius 3 is 2.82 bits per heavy atom. The van der Waals surface area contributed by atoms with E-state index >= 15 is 0 Å². The first-order valence-electron chi connectivity index (χ1n) is 5.85. The van der Waals surface area contributed by atoms with Gasteiger partial charge in [-0.25, -0.2) is 9.50 Å². The van der Waals surface area contributed by atoms with E-state index in [2.05, 4.69) is 41.9 Å². The molecule has 0 saturated heterocycles. The van der Waals surface area contributed by atoms with Crippen LogP contribution < -0.4 is 5.32 Å². The molecule has 0 aliphatic carbocycles. The highest BCUT2D eigenvalue weighted by atomic mass is 15.2. The fraction of sp³-hybridized carbons (Fsp3) is 0.385. The van der Waals surface area contributed by atoms with Crippen LogP contribution in [0.5, 0.6) is 0 Å². The number of nitrogens with zero attached hydrogens (tertiary/aromatic N) is 3. The van der Waals surface area contributed by atoms with Crippen LogP contribution in [0.25, 0.3) is 5.52 Å². The molecule has 0 bridgehead atoms. The van der Waals surface area contributed by atoms with Gasteiger partial charge < -0.3 is 5.32 Å². The molecule has 2 rings (SSSR count). The van der Waals surface area contributed by atoms with E-state index in [9.17, 15) is 0 Å². The van der Waals surface area contributed by atoms with Gasteiger partial charge in [-0.2, -0.15) is 5.10 Å². The topological polar surface area (TPSA) is 42.2 Å². The maximum atomic E-state index is 4.52. The summed E-state index contributed by atoms with van der Waals surface area (Å²) >= 11 is 0. The lowest BCUT2D eigenvalue weighted by Gasteiger charge is -2.10. The monoisotopic (exact) mass is 230 g/mol. The molecule has 17 heavy (non-hydrogen) atoms. The normalized spacial score (nSPS) is 12.9. The Kier molecular flexibility index (Phi) is 3.13. The Morgan fingerprint density at radius 2 is 2.18 bits per heavy atom. The summed E-state index contributed by atoms with van der Waals surface area (Å²) in [7, 11) is 0. The van der Waals surface area contributed by atoms with E-state index in [-0.39, 0.29) is 6.04 Å². The van der Waals surface area contributed by atoms with Crippen LogP contribution in [0.4, 0.5) is 5.82 Å². The van der Waals surface area contributed by atoms with Crippen LogP contribution in [0.15, 0.2) is 31.1 Å². The fourth-order valence-electron chi connectivity index (χ4n) is 1.61. The van der Waals surface area contributed by atoms with Crippen LogP contribution in [-0.4, -0.2) is 20.6 Å². The number of rotatable bonds is 4. The van der Waals surface area contributed by atoms with Gasteiger partial charge in [0.05, 0.1) is 5.69 Å². The third kappa shape index (κ3) is 2.30. The number of anilines is 1. The second kappa shape index (κ2) is 4.57. The molecule has 1 unspecified atom stereocenters. The third-order valence-corrected chi connectivity index (χ3v) is 2.72. The molecule has 0 radical (unpaired) electrons. The zero-order chi connectivity index (χ0) is 12.4. The minimum absolute atomic E-state index is 0.186. The minimum Gasteiger partial charge on any atom is -0.362 e. The highest BCUT2D eigenvalue weighted by Gasteiger charge is 2.10. The smallest absolute Gasteiger partial charge is 0.152 e. The molecule has 0 amide bonds. The lowest BCUT2D eigenvalue weighted by Crippen LogP contribution is -2.13. The van der Waals surface area contributed by atoms with Crippen molar-refractivity contribution < 1.29 is 0 Å². The second-order valence-electron chi connectivity index (χ2n) is 4.50. The van der Waals surface area contributed by atoms with Gasteiger partial charge >= 0.3 is 0 Å². The van der Waals surface area contributed by atoms with Gasteiger partial charge in [-0.05, 0) is 18.9 Å². The van der Waals surface area contributed by atoms with Crippen molar-refractivity contribution in [1.82, 2.24) is 14.6 Å². The maximum Gasteiger partial charge on any atom is 0.152 e. The summed E-state index contributed by atoms with van der Waals surface area (Å²) in [6, 6.07) is 2.27. The van der Waals surface area contributed by atoms with Gasteiger partial charge in [0.1, 0.15) is 5.52 Å². The summed E-state index contributed by atoms with van der Waals surface area (Å²) < 4.78 is 1.86. The summed E-state index contributed by atoms with van der Waals surface area (Å²) in [4.78, 5) is 4.35. The van der Waals surface area contributed by atoms with Gasteiger partial charge in [0.25, 0.3) is 0 Å². The molecule has 0 saturated carbocycles. The Balaban J connectivity index is 2.45. The van der Waals surface area contributed by atoms with Crippen LogP contribution in [-0.2, 0) is 0 Å². The number of aromatic nitrogens is 3. The summed E-state index contributed by atoms with van der Waals surface area (Å²) in [5.74, 6) is 1.26. The van der Waals surface area contributed by atoms with Crippen molar-refractivity contribution in [2.24, 2.45) is 0 Å². The molecule has 0 fully saturated rings. The van der Waals surface area contributed by atoms with Gasteiger partial charge in [0.2, 0.25) is 0 Å². The van der Waals surface area contributed by atoms with Crippen molar-refractivity contribution in [3.63, 3.8) is 0 Å². The van der Waals surface area contributed by atoms with E-state index in [0.29, 0.717) is 5.92 Å². The predicted octanol–water partition coefficient (Wildman–Crippen LogP) is 2.84. The standard InChI is InChI=1S/C13H18N4/c1-5-10(4)15-13-12-8-11(9(2)3)16-17(12)7-6-14-13/h5-10H,1H2,2-4H3,(H,14,15). The first kappa shape index (κ1) is 11.6. The van der Waals surface area contributed by atoms with Crippen LogP contribution in [0, 0.1) is 0 Å². The average molecular weight is 230 g/mol. The molecular formula is C13H18N4. The first-order chi connectivity index (χ1) is 8.11. The summed E-state index contributed by atoms with van der Waals surface area (Å²) in [5.41, 5.74) is 2.08. The average Bonchev–Trinajstić information content (AvgIpc) is 2.74. The summed E-state index contributed by atoms with van der Waals surface area (Å²) in [6.07, 6.45) is 5.47. The van der Waals surface area contributed by atoms with Crippen LogP contribution in [0.2, 0.25) is 0 Å². The highest BCUT2D eigenvalue weighted by Crippen LogP contribution is 2.20. The molecule has 1 N–H and O–H groups in total. The van der Waals surface area contributed by atoms with Crippen molar-refractivity contribution in [1.29, 1.82) is 0 Å². The lowest BCUT2D eigenvalue weighted by atomic mass is 10.1. The molecule has 4 nitrogen and oxygen atoms in total. The van der Waals surface area contributed by atoms with Crippen LogP contribution >= 0.6 is 0 Å². The number of hydrogen-bond acceptors (Lipinski definition) is 3. The molecule has 90 valence electrons.